The molecule has 0 unspecified atom stereocenters. The van der Waals surface area contributed by atoms with Crippen molar-refractivity contribution in [3.63, 3.8) is 0 Å². The molecule has 24 heavy (non-hydrogen) atoms. The van der Waals surface area contributed by atoms with E-state index in [1.807, 2.05) is 31.2 Å². The van der Waals surface area contributed by atoms with Gasteiger partial charge < -0.3 is 5.32 Å². The average molecular weight is 448 g/mol. The van der Waals surface area contributed by atoms with Gasteiger partial charge in [0.2, 0.25) is 0 Å². The van der Waals surface area contributed by atoms with Gasteiger partial charge in [-0.05, 0) is 53.6 Å². The zero-order valence-electron chi connectivity index (χ0n) is 13.3. The van der Waals surface area contributed by atoms with Crippen molar-refractivity contribution in [2.75, 3.05) is 6.54 Å². The quantitative estimate of drug-likeness (QED) is 0.576. The fraction of sp³-hybridized carbons (Fsp3) is 0.158. The monoisotopic (exact) mass is 448 g/mol. The number of hydrogen-bond donors (Lipinski definition) is 1. The maximum Gasteiger partial charge on any atom is 0.252 e. The van der Waals surface area contributed by atoms with Crippen molar-refractivity contribution in [1.29, 1.82) is 0 Å². The molecule has 0 aliphatic rings. The first-order valence-corrected chi connectivity index (χ1v) is 9.63. The number of hydrogen-bond acceptors (Lipinski definition) is 3. The first-order valence-electron chi connectivity index (χ1n) is 7.67. The molecule has 1 heterocycles. The van der Waals surface area contributed by atoms with E-state index in [0.717, 1.165) is 31.8 Å². The summed E-state index contributed by atoms with van der Waals surface area (Å²) in [5, 5.41) is 6.14. The number of aromatic nitrogens is 1. The van der Waals surface area contributed by atoms with Crippen LogP contribution in [0.15, 0.2) is 53.9 Å². The zero-order valence-corrected chi connectivity index (χ0v) is 16.2. The Kier molecular flexibility index (Phi) is 5.63. The van der Waals surface area contributed by atoms with Crippen LogP contribution in [-0.2, 0) is 6.42 Å². The third kappa shape index (κ3) is 4.21. The Labute approximate surface area is 159 Å². The average Bonchev–Trinajstić information content (AvgIpc) is 3.02. The number of nitrogens with one attached hydrogen (secondary N) is 1. The summed E-state index contributed by atoms with van der Waals surface area (Å²) in [6, 6.07) is 16.0. The van der Waals surface area contributed by atoms with Gasteiger partial charge in [-0.15, -0.1) is 11.3 Å². The van der Waals surface area contributed by atoms with E-state index in [0.29, 0.717) is 6.54 Å². The van der Waals surface area contributed by atoms with Crippen molar-refractivity contribution in [2.45, 2.75) is 13.3 Å². The minimum Gasteiger partial charge on any atom is -0.352 e. The Morgan fingerprint density at radius 1 is 1.17 bits per heavy atom. The van der Waals surface area contributed by atoms with Gasteiger partial charge in [0, 0.05) is 21.1 Å². The Morgan fingerprint density at radius 3 is 2.58 bits per heavy atom. The zero-order chi connectivity index (χ0) is 16.9. The van der Waals surface area contributed by atoms with Gasteiger partial charge in [-0.1, -0.05) is 36.4 Å². The van der Waals surface area contributed by atoms with Crippen molar-refractivity contribution in [3.8, 4) is 11.3 Å². The van der Waals surface area contributed by atoms with E-state index in [4.69, 9.17) is 0 Å². The third-order valence-electron chi connectivity index (χ3n) is 3.69. The van der Waals surface area contributed by atoms with E-state index >= 15 is 0 Å². The van der Waals surface area contributed by atoms with Crippen molar-refractivity contribution in [3.05, 3.63) is 73.6 Å². The van der Waals surface area contributed by atoms with Crippen LogP contribution in [0.5, 0.6) is 0 Å². The van der Waals surface area contributed by atoms with Crippen LogP contribution in [-0.4, -0.2) is 17.4 Å². The van der Waals surface area contributed by atoms with Gasteiger partial charge in [0.15, 0.2) is 0 Å². The molecule has 5 heteroatoms. The standard InChI is InChI=1S/C19H17IN2OS/c1-13-22-18(12-24-13)15-8-6-14(7-9-15)10-11-21-19(23)16-4-2-3-5-17(16)20/h2-9,12H,10-11H2,1H3,(H,21,23). The van der Waals surface area contributed by atoms with Crippen LogP contribution in [0, 0.1) is 10.5 Å². The molecule has 1 N–H and O–H groups in total. The van der Waals surface area contributed by atoms with E-state index in [9.17, 15) is 4.79 Å². The number of thiazole rings is 1. The molecule has 3 rings (SSSR count). The number of nitrogens with zero attached hydrogens (tertiary/aromatic N) is 1. The highest BCUT2D eigenvalue weighted by Gasteiger charge is 2.08. The number of amides is 1. The Bertz CT molecular complexity index is 843. The lowest BCUT2D eigenvalue weighted by molar-refractivity contribution is 0.0953. The minimum atomic E-state index is -0.0189. The molecule has 1 aromatic heterocycles. The van der Waals surface area contributed by atoms with Crippen molar-refractivity contribution in [1.82, 2.24) is 10.3 Å². The van der Waals surface area contributed by atoms with E-state index in [-0.39, 0.29) is 5.91 Å². The number of aryl methyl sites for hydroxylation is 1. The van der Waals surface area contributed by atoms with Gasteiger partial charge in [0.1, 0.15) is 0 Å². The van der Waals surface area contributed by atoms with Crippen LogP contribution in [0.2, 0.25) is 0 Å². The molecule has 3 nitrogen and oxygen atoms in total. The summed E-state index contributed by atoms with van der Waals surface area (Å²) in [4.78, 5) is 16.7. The van der Waals surface area contributed by atoms with Gasteiger partial charge in [0.05, 0.1) is 16.3 Å². The predicted molar refractivity (Wildman–Crippen MR) is 107 cm³/mol. The van der Waals surface area contributed by atoms with Gasteiger partial charge in [-0.3, -0.25) is 4.79 Å². The molecule has 1 amide bonds. The molecule has 0 aliphatic carbocycles. The first kappa shape index (κ1) is 17.1. The van der Waals surface area contributed by atoms with Crippen LogP contribution < -0.4 is 5.32 Å². The van der Waals surface area contributed by atoms with Crippen LogP contribution in [0.3, 0.4) is 0 Å². The topological polar surface area (TPSA) is 42.0 Å². The molecule has 0 radical (unpaired) electrons. The molecule has 0 saturated heterocycles. The summed E-state index contributed by atoms with van der Waals surface area (Å²) < 4.78 is 0.968. The van der Waals surface area contributed by atoms with Gasteiger partial charge in [-0.2, -0.15) is 0 Å². The molecule has 0 atom stereocenters. The molecule has 2 aromatic carbocycles. The van der Waals surface area contributed by atoms with E-state index in [1.54, 1.807) is 11.3 Å². The molecule has 0 bridgehead atoms. The highest BCUT2D eigenvalue weighted by molar-refractivity contribution is 14.1. The molecule has 0 saturated carbocycles. The fourth-order valence-corrected chi connectivity index (χ4v) is 3.65. The second-order valence-electron chi connectivity index (χ2n) is 5.43. The fourth-order valence-electron chi connectivity index (χ4n) is 2.40. The number of carbonyl (C=O) groups excluding carboxylic acids is 1. The second-order valence-corrected chi connectivity index (χ2v) is 7.66. The molecule has 0 aliphatic heterocycles. The summed E-state index contributed by atoms with van der Waals surface area (Å²) >= 11 is 3.84. The van der Waals surface area contributed by atoms with Crippen LogP contribution >= 0.6 is 33.9 Å². The third-order valence-corrected chi connectivity index (χ3v) is 5.40. The van der Waals surface area contributed by atoms with Crippen LogP contribution in [0.25, 0.3) is 11.3 Å². The lowest BCUT2D eigenvalue weighted by Crippen LogP contribution is -2.26. The number of benzene rings is 2. The van der Waals surface area contributed by atoms with Gasteiger partial charge in [0.25, 0.3) is 5.91 Å². The normalized spacial score (nSPS) is 10.6. The van der Waals surface area contributed by atoms with Gasteiger partial charge >= 0.3 is 0 Å². The van der Waals surface area contributed by atoms with E-state index < -0.39 is 0 Å². The Hall–Kier alpha value is -1.73. The van der Waals surface area contributed by atoms with E-state index in [1.165, 1.54) is 5.56 Å². The summed E-state index contributed by atoms with van der Waals surface area (Å²) in [5.41, 5.74) is 4.09. The number of rotatable bonds is 5. The maximum atomic E-state index is 12.2. The molecular weight excluding hydrogens is 431 g/mol. The summed E-state index contributed by atoms with van der Waals surface area (Å²) in [7, 11) is 0. The smallest absolute Gasteiger partial charge is 0.252 e. The minimum absolute atomic E-state index is 0.0189. The van der Waals surface area contributed by atoms with Crippen molar-refractivity contribution in [2.24, 2.45) is 0 Å². The van der Waals surface area contributed by atoms with Gasteiger partial charge in [-0.25, -0.2) is 4.98 Å². The first-order chi connectivity index (χ1) is 11.6. The van der Waals surface area contributed by atoms with E-state index in [2.05, 4.69) is 62.5 Å². The highest BCUT2D eigenvalue weighted by atomic mass is 127. The van der Waals surface area contributed by atoms with Crippen molar-refractivity contribution < 1.29 is 4.79 Å². The van der Waals surface area contributed by atoms with Crippen LogP contribution in [0.4, 0.5) is 0 Å². The number of carbonyl (C=O) groups is 1. The largest absolute Gasteiger partial charge is 0.352 e. The molecule has 0 fully saturated rings. The Morgan fingerprint density at radius 2 is 1.92 bits per heavy atom. The Balaban J connectivity index is 1.55. The molecule has 0 spiro atoms. The number of halogens is 1. The lowest BCUT2D eigenvalue weighted by Gasteiger charge is -2.07. The predicted octanol–water partition coefficient (Wildman–Crippen LogP) is 4.70. The summed E-state index contributed by atoms with van der Waals surface area (Å²) in [6.45, 7) is 2.64. The molecular formula is C19H17IN2OS. The second kappa shape index (κ2) is 7.90. The molecule has 3 aromatic rings. The maximum absolute atomic E-state index is 12.2. The SMILES string of the molecule is Cc1nc(-c2ccc(CCNC(=O)c3ccccc3I)cc2)cs1. The van der Waals surface area contributed by atoms with Crippen LogP contribution in [0.1, 0.15) is 20.9 Å². The molecule has 122 valence electrons. The van der Waals surface area contributed by atoms with Crippen molar-refractivity contribution >= 4 is 39.8 Å². The lowest BCUT2D eigenvalue weighted by atomic mass is 10.1. The summed E-state index contributed by atoms with van der Waals surface area (Å²) in [6.07, 6.45) is 0.811. The highest BCUT2D eigenvalue weighted by Crippen LogP contribution is 2.21. The summed E-state index contributed by atoms with van der Waals surface area (Å²) in [5.74, 6) is -0.0189.